The Morgan fingerprint density at radius 3 is 3.08 bits per heavy atom. The number of halogens is 1. The number of aryl methyl sites for hydroxylation is 1. The predicted octanol–water partition coefficient (Wildman–Crippen LogP) is 2.89. The summed E-state index contributed by atoms with van der Waals surface area (Å²) in [5.41, 5.74) is 2.36. The van der Waals surface area contributed by atoms with Crippen molar-refractivity contribution in [3.8, 4) is 0 Å². The van der Waals surface area contributed by atoms with Gasteiger partial charge in [0.15, 0.2) is 0 Å². The van der Waals surface area contributed by atoms with E-state index in [2.05, 4.69) is 39.1 Å². The standard InChI is InChI=1S/C9H9BrN2/c1-2-6-4-3-5-7-8(6)9(10)12-11-7/h3-5H,2H2,1H3,(H,11,12). The molecule has 0 radical (unpaired) electrons. The molecule has 0 saturated carbocycles. The van der Waals surface area contributed by atoms with Gasteiger partial charge in [0, 0.05) is 5.39 Å². The summed E-state index contributed by atoms with van der Waals surface area (Å²) in [4.78, 5) is 0. The number of H-pyrrole nitrogens is 1. The maximum Gasteiger partial charge on any atom is 0.109 e. The second-order valence-electron chi connectivity index (χ2n) is 2.70. The lowest BCUT2D eigenvalue weighted by Gasteiger charge is -1.97. The molecule has 1 N–H and O–H groups in total. The fourth-order valence-electron chi connectivity index (χ4n) is 1.39. The largest absolute Gasteiger partial charge is 0.270 e. The van der Waals surface area contributed by atoms with E-state index in [1.807, 2.05) is 12.1 Å². The summed E-state index contributed by atoms with van der Waals surface area (Å²) in [6.45, 7) is 2.15. The number of fused-ring (bicyclic) bond motifs is 1. The third kappa shape index (κ3) is 1.05. The van der Waals surface area contributed by atoms with Crippen LogP contribution in [0.25, 0.3) is 10.9 Å². The first-order valence-electron chi connectivity index (χ1n) is 3.94. The van der Waals surface area contributed by atoms with Gasteiger partial charge < -0.3 is 0 Å². The first kappa shape index (κ1) is 7.80. The molecule has 62 valence electrons. The molecule has 0 aliphatic heterocycles. The van der Waals surface area contributed by atoms with Gasteiger partial charge >= 0.3 is 0 Å². The Bertz CT molecular complexity index is 406. The lowest BCUT2D eigenvalue weighted by Crippen LogP contribution is -1.80. The van der Waals surface area contributed by atoms with Crippen LogP contribution < -0.4 is 0 Å². The molecule has 0 aliphatic carbocycles. The Hall–Kier alpha value is -0.830. The monoisotopic (exact) mass is 224 g/mol. The van der Waals surface area contributed by atoms with Crippen molar-refractivity contribution in [1.82, 2.24) is 10.2 Å². The fourth-order valence-corrected chi connectivity index (χ4v) is 1.94. The van der Waals surface area contributed by atoms with Crippen molar-refractivity contribution in [3.63, 3.8) is 0 Å². The van der Waals surface area contributed by atoms with E-state index in [1.54, 1.807) is 0 Å². The second kappa shape index (κ2) is 2.90. The normalized spacial score (nSPS) is 10.8. The molecule has 1 aromatic heterocycles. The Kier molecular flexibility index (Phi) is 1.89. The molecular weight excluding hydrogens is 216 g/mol. The average molecular weight is 225 g/mol. The van der Waals surface area contributed by atoms with Crippen molar-refractivity contribution in [1.29, 1.82) is 0 Å². The van der Waals surface area contributed by atoms with Crippen LogP contribution in [0, 0.1) is 0 Å². The van der Waals surface area contributed by atoms with E-state index in [9.17, 15) is 0 Å². The number of aromatic amines is 1. The molecule has 2 rings (SSSR count). The molecule has 0 bridgehead atoms. The molecule has 1 heterocycles. The van der Waals surface area contributed by atoms with Crippen LogP contribution in [0.1, 0.15) is 12.5 Å². The molecule has 0 atom stereocenters. The van der Waals surface area contributed by atoms with Crippen molar-refractivity contribution in [3.05, 3.63) is 28.4 Å². The Morgan fingerprint density at radius 2 is 2.33 bits per heavy atom. The summed E-state index contributed by atoms with van der Waals surface area (Å²) in [6.07, 6.45) is 1.04. The van der Waals surface area contributed by atoms with E-state index >= 15 is 0 Å². The van der Waals surface area contributed by atoms with Crippen LogP contribution in [0.5, 0.6) is 0 Å². The summed E-state index contributed by atoms with van der Waals surface area (Å²) < 4.78 is 0.981. The summed E-state index contributed by atoms with van der Waals surface area (Å²) in [6, 6.07) is 6.17. The number of hydrogen-bond acceptors (Lipinski definition) is 1. The van der Waals surface area contributed by atoms with Gasteiger partial charge in [-0.05, 0) is 34.0 Å². The lowest BCUT2D eigenvalue weighted by molar-refractivity contribution is 1.09. The molecular formula is C9H9BrN2. The van der Waals surface area contributed by atoms with Crippen molar-refractivity contribution >= 4 is 26.8 Å². The van der Waals surface area contributed by atoms with Crippen LogP contribution in [0.15, 0.2) is 22.8 Å². The van der Waals surface area contributed by atoms with Crippen LogP contribution in [-0.4, -0.2) is 10.2 Å². The molecule has 3 heteroatoms. The lowest BCUT2D eigenvalue weighted by atomic mass is 10.1. The van der Waals surface area contributed by atoms with Gasteiger partial charge in [0.25, 0.3) is 0 Å². The van der Waals surface area contributed by atoms with Crippen LogP contribution in [-0.2, 0) is 6.42 Å². The molecule has 0 saturated heterocycles. The maximum absolute atomic E-state index is 4.15. The molecule has 0 spiro atoms. The first-order valence-corrected chi connectivity index (χ1v) is 4.73. The topological polar surface area (TPSA) is 28.7 Å². The SMILES string of the molecule is CCc1cccc2n[nH]c(Br)c12. The minimum Gasteiger partial charge on any atom is -0.270 e. The van der Waals surface area contributed by atoms with Gasteiger partial charge in [-0.15, -0.1) is 0 Å². The minimum absolute atomic E-state index is 0.981. The van der Waals surface area contributed by atoms with Gasteiger partial charge in [-0.2, -0.15) is 5.10 Å². The summed E-state index contributed by atoms with van der Waals surface area (Å²) >= 11 is 3.44. The highest BCUT2D eigenvalue weighted by molar-refractivity contribution is 9.10. The molecule has 1 aromatic carbocycles. The number of benzene rings is 1. The van der Waals surface area contributed by atoms with Crippen molar-refractivity contribution in [2.45, 2.75) is 13.3 Å². The van der Waals surface area contributed by atoms with Gasteiger partial charge in [-0.1, -0.05) is 19.1 Å². The molecule has 0 amide bonds. The zero-order valence-corrected chi connectivity index (χ0v) is 8.35. The Balaban J connectivity index is 2.84. The molecule has 0 unspecified atom stereocenters. The fraction of sp³-hybridized carbons (Fsp3) is 0.222. The van der Waals surface area contributed by atoms with E-state index < -0.39 is 0 Å². The Labute approximate surface area is 79.1 Å². The van der Waals surface area contributed by atoms with E-state index in [0.29, 0.717) is 0 Å². The second-order valence-corrected chi connectivity index (χ2v) is 3.50. The van der Waals surface area contributed by atoms with Gasteiger partial charge in [-0.3, -0.25) is 5.10 Å². The zero-order valence-electron chi connectivity index (χ0n) is 6.76. The summed E-state index contributed by atoms with van der Waals surface area (Å²) in [5.74, 6) is 0. The van der Waals surface area contributed by atoms with Gasteiger partial charge in [-0.25, -0.2) is 0 Å². The van der Waals surface area contributed by atoms with Crippen LogP contribution in [0.3, 0.4) is 0 Å². The van der Waals surface area contributed by atoms with Crippen molar-refractivity contribution in [2.75, 3.05) is 0 Å². The molecule has 0 fully saturated rings. The number of aromatic nitrogens is 2. The van der Waals surface area contributed by atoms with E-state index in [1.165, 1.54) is 10.9 Å². The van der Waals surface area contributed by atoms with Crippen LogP contribution >= 0.6 is 15.9 Å². The molecule has 12 heavy (non-hydrogen) atoms. The predicted molar refractivity (Wildman–Crippen MR) is 53.2 cm³/mol. The average Bonchev–Trinajstić information content (AvgIpc) is 2.48. The summed E-state index contributed by atoms with van der Waals surface area (Å²) in [5, 5.41) is 8.28. The smallest absolute Gasteiger partial charge is 0.109 e. The number of nitrogens with one attached hydrogen (secondary N) is 1. The van der Waals surface area contributed by atoms with Gasteiger partial charge in [0.05, 0.1) is 5.52 Å². The minimum atomic E-state index is 0.981. The van der Waals surface area contributed by atoms with Gasteiger partial charge in [0.1, 0.15) is 4.60 Å². The highest BCUT2D eigenvalue weighted by Crippen LogP contribution is 2.24. The highest BCUT2D eigenvalue weighted by atomic mass is 79.9. The third-order valence-electron chi connectivity index (χ3n) is 2.00. The third-order valence-corrected chi connectivity index (χ3v) is 2.58. The highest BCUT2D eigenvalue weighted by Gasteiger charge is 2.05. The summed E-state index contributed by atoms with van der Waals surface area (Å²) in [7, 11) is 0. The molecule has 2 nitrogen and oxygen atoms in total. The zero-order chi connectivity index (χ0) is 8.55. The number of nitrogens with zero attached hydrogens (tertiary/aromatic N) is 1. The van der Waals surface area contributed by atoms with Crippen molar-refractivity contribution < 1.29 is 0 Å². The quantitative estimate of drug-likeness (QED) is 0.794. The number of hydrogen-bond donors (Lipinski definition) is 1. The molecule has 2 aromatic rings. The van der Waals surface area contributed by atoms with Crippen LogP contribution in [0.4, 0.5) is 0 Å². The Morgan fingerprint density at radius 1 is 1.50 bits per heavy atom. The van der Waals surface area contributed by atoms with Gasteiger partial charge in [0.2, 0.25) is 0 Å². The van der Waals surface area contributed by atoms with E-state index in [0.717, 1.165) is 16.5 Å². The van der Waals surface area contributed by atoms with Crippen molar-refractivity contribution in [2.24, 2.45) is 0 Å². The molecule has 0 aliphatic rings. The van der Waals surface area contributed by atoms with E-state index in [4.69, 9.17) is 0 Å². The van der Waals surface area contributed by atoms with Crippen LogP contribution in [0.2, 0.25) is 0 Å². The van der Waals surface area contributed by atoms with E-state index in [-0.39, 0.29) is 0 Å². The maximum atomic E-state index is 4.15. The first-order chi connectivity index (χ1) is 5.83. The number of rotatable bonds is 1.